The highest BCUT2D eigenvalue weighted by molar-refractivity contribution is 7.14. The summed E-state index contributed by atoms with van der Waals surface area (Å²) in [7, 11) is 3.32. The molecule has 0 spiro atoms. The molecule has 0 unspecified atom stereocenters. The van der Waals surface area contributed by atoms with Crippen LogP contribution in [0.15, 0.2) is 29.6 Å². The standard InChI is InChI=1S/C18H18N4O3S/c1-10-15(11(2)22(3)21-10)16(23)17(24)20-18-19-13(9-26-18)12-7-5-6-8-14(12)25-4/h5-9H,1-4H3,(H,19,20,24). The molecule has 2 aromatic heterocycles. The SMILES string of the molecule is COc1ccccc1-c1csc(NC(=O)C(=O)c2c(C)nn(C)c2C)n1. The lowest BCUT2D eigenvalue weighted by Gasteiger charge is -2.05. The number of anilines is 1. The molecule has 0 bridgehead atoms. The maximum Gasteiger partial charge on any atom is 0.298 e. The Morgan fingerprint density at radius 3 is 2.62 bits per heavy atom. The van der Waals surface area contributed by atoms with Gasteiger partial charge in [0.1, 0.15) is 5.75 Å². The number of hydrogen-bond donors (Lipinski definition) is 1. The quantitative estimate of drug-likeness (QED) is 0.551. The number of ketones is 1. The van der Waals surface area contributed by atoms with Gasteiger partial charge in [-0.25, -0.2) is 4.98 Å². The molecule has 3 rings (SSSR count). The molecule has 1 amide bonds. The van der Waals surface area contributed by atoms with Gasteiger partial charge in [0.15, 0.2) is 5.13 Å². The van der Waals surface area contributed by atoms with Gasteiger partial charge >= 0.3 is 0 Å². The van der Waals surface area contributed by atoms with Crippen molar-refractivity contribution >= 4 is 28.2 Å². The van der Waals surface area contributed by atoms with Crippen molar-refractivity contribution in [2.45, 2.75) is 13.8 Å². The third-order valence-corrected chi connectivity index (χ3v) is 4.81. The van der Waals surface area contributed by atoms with Gasteiger partial charge in [-0.05, 0) is 26.0 Å². The number of thiazole rings is 1. The molecule has 0 saturated heterocycles. The van der Waals surface area contributed by atoms with Gasteiger partial charge in [-0.3, -0.25) is 19.6 Å². The number of Topliss-reactive ketones (excluding diaryl/α,β-unsaturated/α-hetero) is 1. The van der Waals surface area contributed by atoms with Gasteiger partial charge < -0.3 is 4.74 Å². The minimum Gasteiger partial charge on any atom is -0.496 e. The fourth-order valence-electron chi connectivity index (χ4n) is 2.68. The number of aryl methyl sites for hydroxylation is 2. The first-order valence-corrected chi connectivity index (χ1v) is 8.75. The smallest absolute Gasteiger partial charge is 0.298 e. The largest absolute Gasteiger partial charge is 0.496 e. The van der Waals surface area contributed by atoms with Gasteiger partial charge in [0.2, 0.25) is 0 Å². The first kappa shape index (κ1) is 17.8. The zero-order valence-electron chi connectivity index (χ0n) is 14.9. The van der Waals surface area contributed by atoms with Crippen molar-refractivity contribution in [2.24, 2.45) is 7.05 Å². The van der Waals surface area contributed by atoms with E-state index >= 15 is 0 Å². The first-order valence-electron chi connectivity index (χ1n) is 7.87. The summed E-state index contributed by atoms with van der Waals surface area (Å²) in [5.41, 5.74) is 2.99. The molecule has 0 aliphatic carbocycles. The molecule has 26 heavy (non-hydrogen) atoms. The lowest BCUT2D eigenvalue weighted by Crippen LogP contribution is -2.23. The summed E-state index contributed by atoms with van der Waals surface area (Å²) in [5, 5.41) is 8.90. The second-order valence-electron chi connectivity index (χ2n) is 5.69. The van der Waals surface area contributed by atoms with Crippen molar-refractivity contribution in [1.29, 1.82) is 0 Å². The molecule has 7 nitrogen and oxygen atoms in total. The van der Waals surface area contributed by atoms with Crippen molar-refractivity contribution < 1.29 is 14.3 Å². The maximum atomic E-state index is 12.5. The summed E-state index contributed by atoms with van der Waals surface area (Å²) in [5.74, 6) is -0.666. The Hall–Kier alpha value is -3.00. The number of benzene rings is 1. The van der Waals surface area contributed by atoms with E-state index in [4.69, 9.17) is 4.74 Å². The van der Waals surface area contributed by atoms with Crippen LogP contribution in [0, 0.1) is 13.8 Å². The third-order valence-electron chi connectivity index (χ3n) is 4.05. The van der Waals surface area contributed by atoms with Crippen LogP contribution in [0.2, 0.25) is 0 Å². The van der Waals surface area contributed by atoms with Gasteiger partial charge in [0.05, 0.1) is 24.1 Å². The van der Waals surface area contributed by atoms with E-state index in [9.17, 15) is 9.59 Å². The summed E-state index contributed by atoms with van der Waals surface area (Å²) in [6, 6.07) is 7.47. The Kier molecular flexibility index (Phi) is 4.85. The van der Waals surface area contributed by atoms with Crippen LogP contribution >= 0.6 is 11.3 Å². The van der Waals surface area contributed by atoms with Crippen LogP contribution < -0.4 is 10.1 Å². The number of rotatable bonds is 5. The molecule has 134 valence electrons. The summed E-state index contributed by atoms with van der Waals surface area (Å²) in [4.78, 5) is 29.2. The predicted octanol–water partition coefficient (Wildman–Crippen LogP) is 2.99. The average Bonchev–Trinajstić information content (AvgIpc) is 3.18. The molecular weight excluding hydrogens is 352 g/mol. The zero-order valence-corrected chi connectivity index (χ0v) is 15.7. The van der Waals surface area contributed by atoms with E-state index in [1.54, 1.807) is 38.1 Å². The third kappa shape index (κ3) is 3.23. The molecule has 0 fully saturated rings. The zero-order chi connectivity index (χ0) is 18.8. The topological polar surface area (TPSA) is 86.1 Å². The fraction of sp³-hybridized carbons (Fsp3) is 0.222. The second-order valence-corrected chi connectivity index (χ2v) is 6.55. The van der Waals surface area contributed by atoms with E-state index in [-0.39, 0.29) is 0 Å². The normalized spacial score (nSPS) is 10.6. The van der Waals surface area contributed by atoms with Crippen LogP contribution in [0.4, 0.5) is 5.13 Å². The van der Waals surface area contributed by atoms with Crippen LogP contribution in [-0.4, -0.2) is 33.6 Å². The summed E-state index contributed by atoms with van der Waals surface area (Å²) in [6.07, 6.45) is 0. The molecule has 0 aliphatic rings. The number of nitrogens with zero attached hydrogens (tertiary/aromatic N) is 3. The molecule has 2 heterocycles. The molecule has 0 radical (unpaired) electrons. The van der Waals surface area contributed by atoms with E-state index < -0.39 is 11.7 Å². The van der Waals surface area contributed by atoms with Crippen LogP contribution in [0.3, 0.4) is 0 Å². The van der Waals surface area contributed by atoms with E-state index in [2.05, 4.69) is 15.4 Å². The lowest BCUT2D eigenvalue weighted by atomic mass is 10.1. The minimum absolute atomic E-state index is 0.325. The number of carbonyl (C=O) groups excluding carboxylic acids is 2. The van der Waals surface area contributed by atoms with Crippen LogP contribution in [-0.2, 0) is 11.8 Å². The van der Waals surface area contributed by atoms with Gasteiger partial charge in [-0.15, -0.1) is 11.3 Å². The number of amides is 1. The van der Waals surface area contributed by atoms with Crippen molar-refractivity contribution in [3.8, 4) is 17.0 Å². The molecule has 1 aromatic carbocycles. The molecule has 3 aromatic rings. The second kappa shape index (κ2) is 7.09. The Morgan fingerprint density at radius 2 is 1.96 bits per heavy atom. The predicted molar refractivity (Wildman–Crippen MR) is 99.7 cm³/mol. The number of carbonyl (C=O) groups is 2. The Bertz CT molecular complexity index is 990. The number of hydrogen-bond acceptors (Lipinski definition) is 6. The van der Waals surface area contributed by atoms with Gasteiger partial charge in [0.25, 0.3) is 11.7 Å². The van der Waals surface area contributed by atoms with Crippen molar-refractivity contribution in [3.63, 3.8) is 0 Å². The number of nitrogens with one attached hydrogen (secondary N) is 1. The molecular formula is C18H18N4O3S. The summed E-state index contributed by atoms with van der Waals surface area (Å²) in [6.45, 7) is 3.46. The van der Waals surface area contributed by atoms with Crippen molar-refractivity contribution in [2.75, 3.05) is 12.4 Å². The number of aromatic nitrogens is 3. The monoisotopic (exact) mass is 370 g/mol. The Labute approximate surface area is 154 Å². The molecule has 8 heteroatoms. The van der Waals surface area contributed by atoms with Gasteiger partial charge in [-0.1, -0.05) is 12.1 Å². The summed E-state index contributed by atoms with van der Waals surface area (Å²) >= 11 is 1.25. The molecule has 0 atom stereocenters. The molecule has 1 N–H and O–H groups in total. The minimum atomic E-state index is -0.731. The highest BCUT2D eigenvalue weighted by Gasteiger charge is 2.24. The van der Waals surface area contributed by atoms with Crippen LogP contribution in [0.25, 0.3) is 11.3 Å². The Balaban J connectivity index is 1.81. The number of ether oxygens (including phenoxy) is 1. The highest BCUT2D eigenvalue weighted by atomic mass is 32.1. The number of para-hydroxylation sites is 1. The van der Waals surface area contributed by atoms with Crippen LogP contribution in [0.5, 0.6) is 5.75 Å². The van der Waals surface area contributed by atoms with Crippen molar-refractivity contribution in [3.05, 3.63) is 46.6 Å². The number of methoxy groups -OCH3 is 1. The lowest BCUT2D eigenvalue weighted by molar-refractivity contribution is -0.112. The fourth-order valence-corrected chi connectivity index (χ4v) is 3.39. The maximum absolute atomic E-state index is 12.5. The Morgan fingerprint density at radius 1 is 1.23 bits per heavy atom. The van der Waals surface area contributed by atoms with E-state index in [0.29, 0.717) is 33.5 Å². The van der Waals surface area contributed by atoms with E-state index in [1.165, 1.54) is 11.3 Å². The average molecular weight is 370 g/mol. The molecule has 0 aliphatic heterocycles. The first-order chi connectivity index (χ1) is 12.4. The van der Waals surface area contributed by atoms with Crippen molar-refractivity contribution in [1.82, 2.24) is 14.8 Å². The van der Waals surface area contributed by atoms with Crippen LogP contribution in [0.1, 0.15) is 21.7 Å². The van der Waals surface area contributed by atoms with E-state index in [1.807, 2.05) is 24.3 Å². The van der Waals surface area contributed by atoms with Gasteiger partial charge in [0, 0.05) is 23.7 Å². The summed E-state index contributed by atoms with van der Waals surface area (Å²) < 4.78 is 6.91. The van der Waals surface area contributed by atoms with Gasteiger partial charge in [-0.2, -0.15) is 5.10 Å². The molecule has 0 saturated carbocycles. The highest BCUT2D eigenvalue weighted by Crippen LogP contribution is 2.31. The van der Waals surface area contributed by atoms with E-state index in [0.717, 1.165) is 5.56 Å².